The van der Waals surface area contributed by atoms with Crippen molar-refractivity contribution >= 4 is 41.5 Å². The number of nitrogens with one attached hydrogen (secondary N) is 1. The van der Waals surface area contributed by atoms with Gasteiger partial charge in [0.15, 0.2) is 0 Å². The molecule has 0 radical (unpaired) electrons. The summed E-state index contributed by atoms with van der Waals surface area (Å²) in [5.41, 5.74) is -0.865. The largest absolute Gasteiger partial charge is 0.417 e. The maximum absolute atomic E-state index is 13.5. The SMILES string of the molecule is Cl.O=C(N[C@@H](c1ccc(F)cc1)[C@@H]1CC2CCN1CC2)c1c(Cl)ccc(C(F)(F)F)c1Cl. The van der Waals surface area contributed by atoms with E-state index in [1.54, 1.807) is 12.1 Å². The van der Waals surface area contributed by atoms with Gasteiger partial charge in [0.25, 0.3) is 5.91 Å². The Morgan fingerprint density at radius 2 is 1.69 bits per heavy atom. The summed E-state index contributed by atoms with van der Waals surface area (Å²) < 4.78 is 53.3. The maximum Gasteiger partial charge on any atom is 0.417 e. The van der Waals surface area contributed by atoms with Crippen molar-refractivity contribution in [3.05, 3.63) is 69.0 Å². The van der Waals surface area contributed by atoms with Crippen LogP contribution in [-0.4, -0.2) is 29.9 Å². The molecule has 10 heteroatoms. The minimum atomic E-state index is -4.72. The Hall–Kier alpha value is -1.54. The molecule has 2 aromatic rings. The van der Waals surface area contributed by atoms with Crippen molar-refractivity contribution in [3.8, 4) is 0 Å². The molecule has 1 amide bonds. The molecule has 2 aromatic carbocycles. The van der Waals surface area contributed by atoms with E-state index in [0.29, 0.717) is 11.5 Å². The molecule has 3 aliphatic heterocycles. The number of alkyl halides is 3. The second kappa shape index (κ2) is 9.75. The Labute approximate surface area is 199 Å². The van der Waals surface area contributed by atoms with Crippen molar-refractivity contribution in [3.63, 3.8) is 0 Å². The molecule has 0 unspecified atom stereocenters. The lowest BCUT2D eigenvalue weighted by molar-refractivity contribution is -0.137. The van der Waals surface area contributed by atoms with Gasteiger partial charge in [0.05, 0.1) is 27.2 Å². The lowest BCUT2D eigenvalue weighted by Gasteiger charge is -2.48. The van der Waals surface area contributed by atoms with E-state index in [2.05, 4.69) is 10.2 Å². The van der Waals surface area contributed by atoms with E-state index in [9.17, 15) is 22.4 Å². The highest BCUT2D eigenvalue weighted by Gasteiger charge is 2.40. The predicted octanol–water partition coefficient (Wildman–Crippen LogP) is 6.53. The Morgan fingerprint density at radius 1 is 1.06 bits per heavy atom. The molecule has 1 N–H and O–H groups in total. The van der Waals surface area contributed by atoms with E-state index in [0.717, 1.165) is 44.5 Å². The second-order valence-electron chi connectivity index (χ2n) is 8.07. The number of nitrogens with zero attached hydrogens (tertiary/aromatic N) is 1. The number of hydrogen-bond acceptors (Lipinski definition) is 2. The molecule has 3 saturated heterocycles. The van der Waals surface area contributed by atoms with Crippen molar-refractivity contribution in [2.24, 2.45) is 5.92 Å². The van der Waals surface area contributed by atoms with Gasteiger partial charge in [-0.15, -0.1) is 12.4 Å². The van der Waals surface area contributed by atoms with Crippen LogP contribution in [0.15, 0.2) is 36.4 Å². The maximum atomic E-state index is 13.5. The van der Waals surface area contributed by atoms with E-state index in [-0.39, 0.29) is 23.5 Å². The highest BCUT2D eigenvalue weighted by atomic mass is 35.5. The molecule has 3 heterocycles. The van der Waals surface area contributed by atoms with Crippen molar-refractivity contribution in [1.29, 1.82) is 0 Å². The molecular formula is C22H21Cl3F4N2O. The van der Waals surface area contributed by atoms with Crippen LogP contribution in [0.25, 0.3) is 0 Å². The van der Waals surface area contributed by atoms with Crippen LogP contribution < -0.4 is 5.32 Å². The number of rotatable bonds is 4. The second-order valence-corrected chi connectivity index (χ2v) is 8.85. The van der Waals surface area contributed by atoms with Gasteiger partial charge in [0, 0.05) is 6.04 Å². The third-order valence-corrected chi connectivity index (χ3v) is 6.92. The van der Waals surface area contributed by atoms with Crippen LogP contribution in [0.4, 0.5) is 17.6 Å². The van der Waals surface area contributed by atoms with Crippen molar-refractivity contribution in [2.75, 3.05) is 13.1 Å². The molecule has 2 atom stereocenters. The summed E-state index contributed by atoms with van der Waals surface area (Å²) in [6.07, 6.45) is -1.73. The first-order chi connectivity index (χ1) is 14.6. The monoisotopic (exact) mass is 510 g/mol. The molecule has 5 rings (SSSR count). The predicted molar refractivity (Wildman–Crippen MR) is 118 cm³/mol. The Bertz CT molecular complexity index is 976. The summed E-state index contributed by atoms with van der Waals surface area (Å²) in [5.74, 6) is -0.683. The fraction of sp³-hybridized carbons (Fsp3) is 0.409. The van der Waals surface area contributed by atoms with Gasteiger partial charge in [-0.3, -0.25) is 9.69 Å². The van der Waals surface area contributed by atoms with Gasteiger partial charge >= 0.3 is 6.18 Å². The molecule has 32 heavy (non-hydrogen) atoms. The number of amides is 1. The molecule has 0 saturated carbocycles. The number of benzene rings is 2. The summed E-state index contributed by atoms with van der Waals surface area (Å²) in [5, 5.41) is 1.94. The average molecular weight is 512 g/mol. The number of fused-ring (bicyclic) bond motifs is 3. The number of piperidine rings is 3. The summed E-state index contributed by atoms with van der Waals surface area (Å²) in [6, 6.07) is 6.94. The van der Waals surface area contributed by atoms with E-state index >= 15 is 0 Å². The molecule has 174 valence electrons. The number of carbonyl (C=O) groups is 1. The van der Waals surface area contributed by atoms with Crippen LogP contribution in [0.2, 0.25) is 10.0 Å². The molecule has 0 aliphatic carbocycles. The summed E-state index contributed by atoms with van der Waals surface area (Å²) in [7, 11) is 0. The highest BCUT2D eigenvalue weighted by Crippen LogP contribution is 2.40. The van der Waals surface area contributed by atoms with Crippen LogP contribution in [0, 0.1) is 11.7 Å². The van der Waals surface area contributed by atoms with Gasteiger partial charge in [0.2, 0.25) is 0 Å². The first-order valence-electron chi connectivity index (χ1n) is 10.0. The van der Waals surface area contributed by atoms with Gasteiger partial charge in [0.1, 0.15) is 5.82 Å². The quantitative estimate of drug-likeness (QED) is 0.474. The first-order valence-corrected chi connectivity index (χ1v) is 10.8. The van der Waals surface area contributed by atoms with Gasteiger partial charge in [-0.2, -0.15) is 13.2 Å². The molecule has 3 aliphatic rings. The topological polar surface area (TPSA) is 32.3 Å². The van der Waals surface area contributed by atoms with Gasteiger partial charge in [-0.05, 0) is 68.1 Å². The molecule has 3 fully saturated rings. The fourth-order valence-corrected chi connectivity index (χ4v) is 5.27. The highest BCUT2D eigenvalue weighted by molar-refractivity contribution is 6.40. The van der Waals surface area contributed by atoms with E-state index in [1.165, 1.54) is 12.1 Å². The summed E-state index contributed by atoms with van der Waals surface area (Å²) in [6.45, 7) is 1.77. The smallest absolute Gasteiger partial charge is 0.344 e. The number of halogens is 7. The first kappa shape index (κ1) is 25.1. The Balaban J connectivity index is 0.00000289. The fourth-order valence-electron chi connectivity index (χ4n) is 4.62. The van der Waals surface area contributed by atoms with Crippen LogP contribution in [-0.2, 0) is 6.18 Å². The van der Waals surface area contributed by atoms with Crippen LogP contribution >= 0.6 is 35.6 Å². The summed E-state index contributed by atoms with van der Waals surface area (Å²) >= 11 is 12.0. The normalized spacial score (nSPS) is 23.4. The third kappa shape index (κ3) is 5.01. The molecule has 2 bridgehead atoms. The van der Waals surface area contributed by atoms with Gasteiger partial charge < -0.3 is 5.32 Å². The zero-order valence-electron chi connectivity index (χ0n) is 16.8. The van der Waals surface area contributed by atoms with Gasteiger partial charge in [-0.1, -0.05) is 35.3 Å². The Kier molecular flexibility index (Phi) is 7.65. The zero-order valence-corrected chi connectivity index (χ0v) is 19.1. The van der Waals surface area contributed by atoms with E-state index in [4.69, 9.17) is 23.2 Å². The van der Waals surface area contributed by atoms with E-state index in [1.807, 2.05) is 0 Å². The van der Waals surface area contributed by atoms with Crippen molar-refractivity contribution in [1.82, 2.24) is 10.2 Å². The standard InChI is InChI=1S/C22H20Cl2F4N2O.ClH/c23-16-6-5-15(22(26,27)28)19(24)18(16)21(31)29-20(13-1-3-14(25)4-2-13)17-11-12-7-9-30(17)10-8-12;/h1-6,12,17,20H,7-11H2,(H,29,31);1H/t17-,20-;/m0./s1. The van der Waals surface area contributed by atoms with Crippen LogP contribution in [0.5, 0.6) is 0 Å². The summed E-state index contributed by atoms with van der Waals surface area (Å²) in [4.78, 5) is 15.4. The minimum Gasteiger partial charge on any atom is -0.344 e. The molecular weight excluding hydrogens is 491 g/mol. The molecule has 0 aromatic heterocycles. The average Bonchev–Trinajstić information content (AvgIpc) is 2.72. The minimum absolute atomic E-state index is 0. The van der Waals surface area contributed by atoms with Crippen LogP contribution in [0.1, 0.15) is 46.8 Å². The molecule has 0 spiro atoms. The lowest BCUT2D eigenvalue weighted by atomic mass is 9.79. The third-order valence-electron chi connectivity index (χ3n) is 6.22. The van der Waals surface area contributed by atoms with Crippen molar-refractivity contribution in [2.45, 2.75) is 37.5 Å². The Morgan fingerprint density at radius 3 is 2.22 bits per heavy atom. The molecule has 3 nitrogen and oxygen atoms in total. The van der Waals surface area contributed by atoms with Gasteiger partial charge in [-0.25, -0.2) is 4.39 Å². The van der Waals surface area contributed by atoms with Crippen molar-refractivity contribution < 1.29 is 22.4 Å². The van der Waals surface area contributed by atoms with E-state index < -0.39 is 40.1 Å². The zero-order chi connectivity index (χ0) is 22.3. The number of carbonyl (C=O) groups excluding carboxylic acids is 1. The number of hydrogen-bond donors (Lipinski definition) is 1. The lowest BCUT2D eigenvalue weighted by Crippen LogP contribution is -2.54. The van der Waals surface area contributed by atoms with Crippen LogP contribution in [0.3, 0.4) is 0 Å².